The number of nitro benzene ring substituents is 2. The van der Waals surface area contributed by atoms with Crippen LogP contribution in [0.5, 0.6) is 0 Å². The number of aromatic nitrogens is 3. The Morgan fingerprint density at radius 1 is 1.06 bits per heavy atom. The molecule has 1 saturated heterocycles. The Bertz CT molecular complexity index is 1820. The van der Waals surface area contributed by atoms with E-state index in [9.17, 15) is 48.8 Å². The molecule has 1 aliphatic heterocycles. The molecule has 26 heteroatoms. The predicted octanol–water partition coefficient (Wildman–Crippen LogP) is 2.74. The van der Waals surface area contributed by atoms with E-state index >= 15 is 0 Å². The van der Waals surface area contributed by atoms with Crippen molar-refractivity contribution in [1.82, 2.24) is 14.5 Å². The Kier molecular flexibility index (Phi) is 11.2. The summed E-state index contributed by atoms with van der Waals surface area (Å²) in [6.07, 6.45) is -2.50. The van der Waals surface area contributed by atoms with Gasteiger partial charge in [0.1, 0.15) is 35.7 Å². The smallest absolute Gasteiger partial charge is 0.390 e. The number of nitro groups is 2. The van der Waals surface area contributed by atoms with Crippen LogP contribution in [0.15, 0.2) is 30.7 Å². The Morgan fingerprint density at radius 3 is 2.25 bits per heavy atom. The number of phosphoric ester groups is 1. The van der Waals surface area contributed by atoms with Gasteiger partial charge in [0.25, 0.3) is 11.4 Å². The van der Waals surface area contributed by atoms with Gasteiger partial charge in [-0.2, -0.15) is 8.62 Å². The van der Waals surface area contributed by atoms with Crippen LogP contribution in [0.1, 0.15) is 43.7 Å². The van der Waals surface area contributed by atoms with E-state index in [4.69, 9.17) is 25.0 Å². The fourth-order valence-corrected chi connectivity index (χ4v) is 7.99. The van der Waals surface area contributed by atoms with Gasteiger partial charge in [-0.05, 0) is 12.0 Å². The minimum atomic E-state index is -5.77. The van der Waals surface area contributed by atoms with Crippen molar-refractivity contribution in [1.29, 1.82) is 0 Å². The van der Waals surface area contributed by atoms with Crippen LogP contribution in [0.25, 0.3) is 11.0 Å². The van der Waals surface area contributed by atoms with Crippen LogP contribution in [0.2, 0.25) is 0 Å². The number of nitrogens with two attached hydrogens (primary N) is 1. The summed E-state index contributed by atoms with van der Waals surface area (Å²) in [6, 6.07) is 3.44. The Labute approximate surface area is 269 Å². The molecule has 1 aromatic carbocycles. The minimum Gasteiger partial charge on any atom is -0.390 e. The van der Waals surface area contributed by atoms with E-state index in [1.807, 2.05) is 0 Å². The second kappa shape index (κ2) is 14.3. The van der Waals surface area contributed by atoms with Gasteiger partial charge in [0.15, 0.2) is 0 Å². The number of rotatable bonds is 15. The monoisotopic (exact) mass is 742 g/mol. The van der Waals surface area contributed by atoms with Gasteiger partial charge in [0.2, 0.25) is 0 Å². The van der Waals surface area contributed by atoms with Crippen molar-refractivity contribution in [3.63, 3.8) is 0 Å². The number of nitrogens with zero attached hydrogens (tertiary/aromatic N) is 5. The maximum atomic E-state index is 12.1. The van der Waals surface area contributed by atoms with Crippen molar-refractivity contribution in [2.45, 2.75) is 51.4 Å². The number of fused-ring (bicyclic) bond motifs is 1. The zero-order valence-electron chi connectivity index (χ0n) is 24.7. The average molecular weight is 742 g/mol. The lowest BCUT2D eigenvalue weighted by Gasteiger charge is -2.21. The average Bonchev–Trinajstić information content (AvgIpc) is 3.50. The minimum absolute atomic E-state index is 0.0159. The van der Waals surface area contributed by atoms with Gasteiger partial charge in [0.05, 0.1) is 40.7 Å². The second-order valence-corrected chi connectivity index (χ2v) is 15.0. The van der Waals surface area contributed by atoms with Crippen LogP contribution in [0.4, 0.5) is 17.2 Å². The topological polar surface area (TPSA) is 342 Å². The van der Waals surface area contributed by atoms with Crippen molar-refractivity contribution in [2.24, 2.45) is 5.92 Å². The van der Waals surface area contributed by atoms with E-state index < -0.39 is 81.8 Å². The maximum Gasteiger partial charge on any atom is 0.490 e. The van der Waals surface area contributed by atoms with Gasteiger partial charge in [-0.1, -0.05) is 13.8 Å². The molecule has 7 N–H and O–H groups in total. The van der Waals surface area contributed by atoms with Crippen molar-refractivity contribution >= 4 is 51.7 Å². The normalized spacial score (nSPS) is 21.6. The summed E-state index contributed by atoms with van der Waals surface area (Å²) >= 11 is 0. The molecule has 0 radical (unpaired) electrons. The molecule has 4 rings (SSSR count). The summed E-state index contributed by atoms with van der Waals surface area (Å²) < 4.78 is 59.7. The molecule has 23 nitrogen and oxygen atoms in total. The molecule has 0 bridgehead atoms. The van der Waals surface area contributed by atoms with Gasteiger partial charge >= 0.3 is 23.5 Å². The lowest BCUT2D eigenvalue weighted by atomic mass is 9.95. The molecule has 3 aromatic rings. The van der Waals surface area contributed by atoms with Crippen LogP contribution >= 0.6 is 23.5 Å². The highest BCUT2D eigenvalue weighted by Gasteiger charge is 2.43. The van der Waals surface area contributed by atoms with Crippen LogP contribution in [-0.2, 0) is 42.9 Å². The van der Waals surface area contributed by atoms with E-state index in [0.29, 0.717) is 5.56 Å². The second-order valence-electron chi connectivity index (χ2n) is 10.5. The zero-order chi connectivity index (χ0) is 35.8. The molecular weight excluding hydrogens is 713 g/mol. The summed E-state index contributed by atoms with van der Waals surface area (Å²) in [5, 5.41) is 34.4. The molecule has 0 saturated carbocycles. The van der Waals surface area contributed by atoms with Crippen molar-refractivity contribution in [3.05, 3.63) is 62.1 Å². The van der Waals surface area contributed by atoms with Crippen LogP contribution < -0.4 is 5.73 Å². The van der Waals surface area contributed by atoms with Gasteiger partial charge < -0.3 is 44.5 Å². The predicted molar refractivity (Wildman–Crippen MR) is 158 cm³/mol. The first-order valence-electron chi connectivity index (χ1n) is 13.4. The molecule has 6 atom stereocenters. The first-order chi connectivity index (χ1) is 22.2. The van der Waals surface area contributed by atoms with Crippen molar-refractivity contribution in [3.8, 4) is 0 Å². The number of benzene rings is 1. The van der Waals surface area contributed by atoms with E-state index in [1.165, 1.54) is 16.8 Å². The molecule has 0 aliphatic carbocycles. The number of phosphoric acid groups is 3. The van der Waals surface area contributed by atoms with Crippen LogP contribution in [0.3, 0.4) is 0 Å². The quantitative estimate of drug-likeness (QED) is 0.0740. The maximum absolute atomic E-state index is 12.1. The Hall–Kier alpha value is -3.27. The number of aliphatic hydroxyl groups excluding tert-OH is 1. The molecule has 264 valence electrons. The van der Waals surface area contributed by atoms with Crippen molar-refractivity contribution in [2.75, 3.05) is 12.3 Å². The van der Waals surface area contributed by atoms with Gasteiger partial charge in [-0.25, -0.2) is 23.7 Å². The molecule has 0 spiro atoms. The SMILES string of the molecule is CC(C)C(OCc1cn([C@H]2C[C@@H](O)[C@@H](COP(=O)(O)OP(=O)(O)OP(=O)(O)O)O2)c2ncnc(N)c12)c1c([N+](=O)[O-])cccc1[N+](=O)[O-]. The van der Waals surface area contributed by atoms with Gasteiger partial charge in [0, 0.05) is 30.3 Å². The van der Waals surface area contributed by atoms with E-state index in [-0.39, 0.29) is 35.4 Å². The Balaban J connectivity index is 1.57. The third kappa shape index (κ3) is 8.84. The summed E-state index contributed by atoms with van der Waals surface area (Å²) in [7, 11) is -16.9. The first kappa shape index (κ1) is 37.5. The molecule has 3 unspecified atom stereocenters. The third-order valence-electron chi connectivity index (χ3n) is 6.81. The van der Waals surface area contributed by atoms with E-state index in [2.05, 4.69) is 23.1 Å². The van der Waals surface area contributed by atoms with Gasteiger partial charge in [-0.15, -0.1) is 0 Å². The largest absolute Gasteiger partial charge is 0.490 e. The van der Waals surface area contributed by atoms with E-state index in [1.54, 1.807) is 13.8 Å². The highest BCUT2D eigenvalue weighted by Crippen LogP contribution is 2.66. The molecule has 48 heavy (non-hydrogen) atoms. The molecular formula is C22H29N6O17P3. The fraction of sp³-hybridized carbons (Fsp3) is 0.455. The summed E-state index contributed by atoms with van der Waals surface area (Å²) in [4.78, 5) is 66.7. The highest BCUT2D eigenvalue weighted by molar-refractivity contribution is 7.66. The third-order valence-corrected chi connectivity index (χ3v) is 10.6. The summed E-state index contributed by atoms with van der Waals surface area (Å²) in [5.41, 5.74) is 5.36. The zero-order valence-corrected chi connectivity index (χ0v) is 27.4. The number of anilines is 1. The number of aliphatic hydroxyl groups is 1. The molecule has 2 aromatic heterocycles. The van der Waals surface area contributed by atoms with Crippen molar-refractivity contribution < 1.29 is 70.8 Å². The van der Waals surface area contributed by atoms with Crippen LogP contribution in [-0.4, -0.2) is 67.9 Å². The highest BCUT2D eigenvalue weighted by atomic mass is 31.3. The number of nitrogen functional groups attached to an aromatic ring is 1. The fourth-order valence-electron chi connectivity index (χ4n) is 4.96. The first-order valence-corrected chi connectivity index (χ1v) is 18.0. The lowest BCUT2D eigenvalue weighted by molar-refractivity contribution is -0.397. The molecule has 1 aliphatic rings. The number of ether oxygens (including phenoxy) is 2. The van der Waals surface area contributed by atoms with Crippen LogP contribution in [0, 0.1) is 26.1 Å². The molecule has 3 heterocycles. The number of hydrogen-bond acceptors (Lipinski definition) is 16. The molecule has 1 fully saturated rings. The lowest BCUT2D eigenvalue weighted by Crippen LogP contribution is -2.26. The molecule has 0 amide bonds. The number of hydrogen-bond donors (Lipinski definition) is 6. The summed E-state index contributed by atoms with van der Waals surface area (Å²) in [5.74, 6) is -0.506. The Morgan fingerprint density at radius 2 is 1.69 bits per heavy atom. The van der Waals surface area contributed by atoms with Gasteiger partial charge in [-0.3, -0.25) is 24.8 Å². The standard InChI is InChI=1S/C22H29N6O17P3/c1-11(2)20(19-13(27(30)31)4-3-5-14(19)28(32)33)41-8-12-7-26(22-18(12)21(23)24-10-25-22)17-6-15(29)16(43-17)9-42-47(37,38)45-48(39,40)44-46(34,35)36/h3-5,7,10-11,15-17,20,29H,6,8-9H2,1-2H3,(H,37,38)(H,39,40)(H2,23,24,25)(H2,34,35,36)/t15-,16-,17-,20?/m1/s1. The summed E-state index contributed by atoms with van der Waals surface area (Å²) in [6.45, 7) is 2.08. The van der Waals surface area contributed by atoms with E-state index in [0.717, 1.165) is 18.5 Å².